The molecular formula is C26H24N4O4S. The fourth-order valence-corrected chi connectivity index (χ4v) is 4.34. The summed E-state index contributed by atoms with van der Waals surface area (Å²) in [5.74, 6) is -0.164. The molecule has 0 atom stereocenters. The van der Waals surface area contributed by atoms with Crippen LogP contribution in [0.1, 0.15) is 21.7 Å². The number of amides is 1. The van der Waals surface area contributed by atoms with Crippen molar-refractivity contribution in [1.82, 2.24) is 20.1 Å². The molecule has 8 nitrogen and oxygen atoms in total. The van der Waals surface area contributed by atoms with E-state index in [0.717, 1.165) is 20.9 Å². The second kappa shape index (κ2) is 11.5. The Morgan fingerprint density at radius 2 is 1.89 bits per heavy atom. The van der Waals surface area contributed by atoms with Crippen molar-refractivity contribution in [3.05, 3.63) is 83.8 Å². The van der Waals surface area contributed by atoms with Gasteiger partial charge in [0.25, 0.3) is 5.91 Å². The normalized spacial score (nSPS) is 11.1. The summed E-state index contributed by atoms with van der Waals surface area (Å²) in [5.41, 5.74) is 2.55. The summed E-state index contributed by atoms with van der Waals surface area (Å²) in [4.78, 5) is 31.0. The average molecular weight is 489 g/mol. The number of benzene rings is 2. The molecule has 35 heavy (non-hydrogen) atoms. The minimum absolute atomic E-state index is 0.115. The van der Waals surface area contributed by atoms with Crippen molar-refractivity contribution >= 4 is 46.8 Å². The summed E-state index contributed by atoms with van der Waals surface area (Å²) >= 11 is 1.43. The molecule has 0 fully saturated rings. The lowest BCUT2D eigenvalue weighted by atomic mass is 10.2. The minimum Gasteiger partial charge on any atom is -0.445 e. The van der Waals surface area contributed by atoms with E-state index in [2.05, 4.69) is 15.4 Å². The number of nitrogens with zero attached hydrogens (tertiary/aromatic N) is 3. The van der Waals surface area contributed by atoms with E-state index in [1.807, 2.05) is 66.7 Å². The van der Waals surface area contributed by atoms with Gasteiger partial charge in [0.2, 0.25) is 0 Å². The standard InChI is InChI=1S/C26H24N4O4S/c1-27-25(31)21-8-3-4-9-24(21)35-19-11-12-20-22(13-10-18-7-5-6-14-28-18)29-30(23(20)17-19)26(32)34-16-15-33-2/h3-14,17H,15-16H2,1-2H3,(H,27,31)/b13-10+. The molecule has 4 aromatic rings. The second-order valence-corrected chi connectivity index (χ2v) is 8.46. The number of pyridine rings is 1. The van der Waals surface area contributed by atoms with Gasteiger partial charge in [-0.05, 0) is 54.6 Å². The lowest BCUT2D eigenvalue weighted by molar-refractivity contribution is 0.0959. The highest BCUT2D eigenvalue weighted by Gasteiger charge is 2.17. The van der Waals surface area contributed by atoms with Crippen molar-refractivity contribution in [3.8, 4) is 0 Å². The van der Waals surface area contributed by atoms with Gasteiger partial charge in [-0.15, -0.1) is 0 Å². The van der Waals surface area contributed by atoms with Crippen LogP contribution in [-0.4, -0.2) is 54.1 Å². The van der Waals surface area contributed by atoms with Crippen LogP contribution in [0.5, 0.6) is 0 Å². The Balaban J connectivity index is 1.72. The molecule has 2 aromatic carbocycles. The highest BCUT2D eigenvalue weighted by Crippen LogP contribution is 2.33. The molecule has 2 aromatic heterocycles. The van der Waals surface area contributed by atoms with E-state index in [1.54, 1.807) is 19.3 Å². The van der Waals surface area contributed by atoms with E-state index in [-0.39, 0.29) is 19.1 Å². The number of carbonyl (C=O) groups excluding carboxylic acids is 2. The van der Waals surface area contributed by atoms with Gasteiger partial charge in [0.15, 0.2) is 0 Å². The maximum absolute atomic E-state index is 12.8. The number of hydrogen-bond donors (Lipinski definition) is 1. The zero-order valence-corrected chi connectivity index (χ0v) is 20.1. The van der Waals surface area contributed by atoms with Gasteiger partial charge in [-0.3, -0.25) is 9.78 Å². The predicted molar refractivity (Wildman–Crippen MR) is 135 cm³/mol. The molecule has 0 radical (unpaired) electrons. The molecule has 0 aliphatic carbocycles. The van der Waals surface area contributed by atoms with Crippen LogP contribution in [0.3, 0.4) is 0 Å². The molecule has 0 aliphatic rings. The van der Waals surface area contributed by atoms with Crippen LogP contribution in [0.4, 0.5) is 4.79 Å². The molecule has 4 rings (SSSR count). The zero-order valence-electron chi connectivity index (χ0n) is 19.3. The highest BCUT2D eigenvalue weighted by molar-refractivity contribution is 7.99. The number of carbonyl (C=O) groups is 2. The largest absolute Gasteiger partial charge is 0.445 e. The minimum atomic E-state index is -0.600. The molecule has 0 spiro atoms. The summed E-state index contributed by atoms with van der Waals surface area (Å²) in [7, 11) is 3.14. The first-order chi connectivity index (χ1) is 17.1. The third kappa shape index (κ3) is 5.76. The lowest BCUT2D eigenvalue weighted by Gasteiger charge is -2.09. The van der Waals surface area contributed by atoms with Crippen molar-refractivity contribution in [2.45, 2.75) is 9.79 Å². The van der Waals surface area contributed by atoms with Crippen LogP contribution in [0.15, 0.2) is 76.7 Å². The summed E-state index contributed by atoms with van der Waals surface area (Å²) < 4.78 is 11.5. The molecule has 0 saturated heterocycles. The third-order valence-electron chi connectivity index (χ3n) is 5.05. The van der Waals surface area contributed by atoms with Gasteiger partial charge in [0.1, 0.15) is 6.61 Å². The van der Waals surface area contributed by atoms with Crippen LogP contribution >= 0.6 is 11.8 Å². The number of aromatic nitrogens is 3. The molecule has 0 saturated carbocycles. The first-order valence-corrected chi connectivity index (χ1v) is 11.7. The van der Waals surface area contributed by atoms with Crippen LogP contribution < -0.4 is 5.32 Å². The number of ether oxygens (including phenoxy) is 2. The van der Waals surface area contributed by atoms with Crippen LogP contribution in [0.2, 0.25) is 0 Å². The van der Waals surface area contributed by atoms with Crippen LogP contribution in [-0.2, 0) is 9.47 Å². The maximum Gasteiger partial charge on any atom is 0.435 e. The Labute approximate surface area is 207 Å². The van der Waals surface area contributed by atoms with Gasteiger partial charge in [0, 0.05) is 35.5 Å². The zero-order chi connectivity index (χ0) is 24.6. The molecule has 9 heteroatoms. The molecule has 2 heterocycles. The van der Waals surface area contributed by atoms with Gasteiger partial charge >= 0.3 is 6.09 Å². The molecule has 178 valence electrons. The van der Waals surface area contributed by atoms with Gasteiger partial charge in [0.05, 0.1) is 29.1 Å². The molecule has 0 bridgehead atoms. The molecule has 0 aliphatic heterocycles. The SMILES string of the molecule is CNC(=O)c1ccccc1Sc1ccc2c(/C=C/c3ccccn3)nn(C(=O)OCCOC)c2c1. The van der Waals surface area contributed by atoms with Gasteiger partial charge in [-0.25, -0.2) is 4.79 Å². The predicted octanol–water partition coefficient (Wildman–Crippen LogP) is 4.74. The number of fused-ring (bicyclic) bond motifs is 1. The van der Waals surface area contributed by atoms with E-state index < -0.39 is 6.09 Å². The van der Waals surface area contributed by atoms with E-state index in [1.165, 1.54) is 23.6 Å². The molecular weight excluding hydrogens is 464 g/mol. The number of methoxy groups -OCH3 is 1. The Hall–Kier alpha value is -3.95. The smallest absolute Gasteiger partial charge is 0.435 e. The maximum atomic E-state index is 12.8. The van der Waals surface area contributed by atoms with E-state index in [4.69, 9.17) is 9.47 Å². The average Bonchev–Trinajstić information content (AvgIpc) is 3.26. The number of rotatable bonds is 8. The summed E-state index contributed by atoms with van der Waals surface area (Å²) in [5, 5.41) is 7.95. The van der Waals surface area contributed by atoms with Gasteiger partial charge in [-0.2, -0.15) is 9.78 Å². The topological polar surface area (TPSA) is 95.3 Å². The first kappa shape index (κ1) is 24.2. The molecule has 1 N–H and O–H groups in total. The van der Waals surface area contributed by atoms with E-state index >= 15 is 0 Å². The Morgan fingerprint density at radius 1 is 1.06 bits per heavy atom. The summed E-state index contributed by atoms with van der Waals surface area (Å²) in [6, 6.07) is 18.7. The summed E-state index contributed by atoms with van der Waals surface area (Å²) in [6.07, 6.45) is 4.77. The quantitative estimate of drug-likeness (QED) is 0.358. The van der Waals surface area contributed by atoms with E-state index in [9.17, 15) is 9.59 Å². The Bertz CT molecular complexity index is 1370. The second-order valence-electron chi connectivity index (χ2n) is 7.35. The highest BCUT2D eigenvalue weighted by atomic mass is 32.2. The first-order valence-electron chi connectivity index (χ1n) is 10.9. The van der Waals surface area contributed by atoms with Crippen molar-refractivity contribution in [2.75, 3.05) is 27.4 Å². The van der Waals surface area contributed by atoms with Gasteiger partial charge < -0.3 is 14.8 Å². The van der Waals surface area contributed by atoms with Crippen molar-refractivity contribution in [1.29, 1.82) is 0 Å². The van der Waals surface area contributed by atoms with Crippen molar-refractivity contribution < 1.29 is 19.1 Å². The Kier molecular flexibility index (Phi) is 7.92. The molecule has 0 unspecified atom stereocenters. The summed E-state index contributed by atoms with van der Waals surface area (Å²) in [6.45, 7) is 0.401. The van der Waals surface area contributed by atoms with Crippen LogP contribution in [0, 0.1) is 0 Å². The number of nitrogens with one attached hydrogen (secondary N) is 1. The monoisotopic (exact) mass is 488 g/mol. The lowest BCUT2D eigenvalue weighted by Crippen LogP contribution is -2.18. The van der Waals surface area contributed by atoms with Crippen molar-refractivity contribution in [2.24, 2.45) is 0 Å². The Morgan fingerprint density at radius 3 is 2.66 bits per heavy atom. The third-order valence-corrected chi connectivity index (χ3v) is 6.12. The fourth-order valence-electron chi connectivity index (χ4n) is 3.36. The number of hydrogen-bond acceptors (Lipinski definition) is 7. The molecule has 1 amide bonds. The van der Waals surface area contributed by atoms with Crippen molar-refractivity contribution in [3.63, 3.8) is 0 Å². The fraction of sp³-hybridized carbons (Fsp3) is 0.154. The van der Waals surface area contributed by atoms with Gasteiger partial charge in [-0.1, -0.05) is 30.0 Å². The van der Waals surface area contributed by atoms with Crippen LogP contribution in [0.25, 0.3) is 23.1 Å². The van der Waals surface area contributed by atoms with E-state index in [0.29, 0.717) is 16.8 Å².